The fourth-order valence-corrected chi connectivity index (χ4v) is 3.38. The minimum Gasteiger partial charge on any atom is -0.481 e. The Kier molecular flexibility index (Phi) is 4.49. The van der Waals surface area contributed by atoms with E-state index in [0.717, 1.165) is 19.5 Å². The normalized spacial score (nSPS) is 18.3. The number of rotatable bonds is 4. The number of benzene rings is 2. The van der Waals surface area contributed by atoms with E-state index in [-0.39, 0.29) is 5.92 Å². The molecule has 0 aromatic heterocycles. The van der Waals surface area contributed by atoms with Gasteiger partial charge >= 0.3 is 5.97 Å². The number of hydrogen-bond donors (Lipinski definition) is 1. The first-order valence-electron chi connectivity index (χ1n) is 8.14. The average Bonchev–Trinajstić information content (AvgIpc) is 2.96. The van der Waals surface area contributed by atoms with E-state index in [4.69, 9.17) is 5.11 Å². The molecular formula is C20H23NO2. The van der Waals surface area contributed by atoms with Crippen molar-refractivity contribution in [2.24, 2.45) is 5.92 Å². The molecule has 1 saturated heterocycles. The predicted molar refractivity (Wildman–Crippen MR) is 92.4 cm³/mol. The molecule has 120 valence electrons. The van der Waals surface area contributed by atoms with Gasteiger partial charge in [-0.25, -0.2) is 0 Å². The summed E-state index contributed by atoms with van der Waals surface area (Å²) in [6.45, 7) is 6.61. The van der Waals surface area contributed by atoms with E-state index in [1.165, 1.54) is 27.8 Å². The van der Waals surface area contributed by atoms with Crippen LogP contribution in [0.1, 0.15) is 23.1 Å². The molecule has 2 aromatic carbocycles. The van der Waals surface area contributed by atoms with Crippen molar-refractivity contribution in [2.45, 2.75) is 26.8 Å². The minimum absolute atomic E-state index is 0.204. The van der Waals surface area contributed by atoms with Gasteiger partial charge in [0.25, 0.3) is 0 Å². The van der Waals surface area contributed by atoms with Gasteiger partial charge < -0.3 is 5.11 Å². The van der Waals surface area contributed by atoms with Gasteiger partial charge in [0.2, 0.25) is 0 Å². The summed E-state index contributed by atoms with van der Waals surface area (Å²) < 4.78 is 0. The molecule has 0 spiro atoms. The van der Waals surface area contributed by atoms with Crippen molar-refractivity contribution >= 4 is 5.97 Å². The quantitative estimate of drug-likeness (QED) is 0.932. The maximum Gasteiger partial charge on any atom is 0.307 e. The van der Waals surface area contributed by atoms with E-state index in [0.29, 0.717) is 6.54 Å². The summed E-state index contributed by atoms with van der Waals surface area (Å²) in [5.74, 6) is -0.873. The molecule has 3 nitrogen and oxygen atoms in total. The van der Waals surface area contributed by atoms with Crippen LogP contribution < -0.4 is 0 Å². The van der Waals surface area contributed by atoms with Gasteiger partial charge in [-0.2, -0.15) is 0 Å². The summed E-state index contributed by atoms with van der Waals surface area (Å²) in [7, 11) is 0. The van der Waals surface area contributed by atoms with Crippen molar-refractivity contribution < 1.29 is 9.90 Å². The number of nitrogens with zero attached hydrogens (tertiary/aromatic N) is 1. The van der Waals surface area contributed by atoms with Crippen molar-refractivity contribution in [2.75, 3.05) is 13.1 Å². The highest BCUT2D eigenvalue weighted by Gasteiger charge is 2.27. The van der Waals surface area contributed by atoms with Crippen LogP contribution in [0.25, 0.3) is 11.1 Å². The van der Waals surface area contributed by atoms with Crippen molar-refractivity contribution in [3.63, 3.8) is 0 Å². The number of aryl methyl sites for hydroxylation is 2. The van der Waals surface area contributed by atoms with Crippen LogP contribution in [-0.4, -0.2) is 29.1 Å². The maximum atomic E-state index is 11.0. The molecule has 3 rings (SSSR count). The topological polar surface area (TPSA) is 40.5 Å². The predicted octanol–water partition coefficient (Wildman–Crippen LogP) is 3.88. The Morgan fingerprint density at radius 3 is 2.30 bits per heavy atom. The summed E-state index contributed by atoms with van der Waals surface area (Å²) in [6, 6.07) is 15.2. The summed E-state index contributed by atoms with van der Waals surface area (Å²) in [5, 5.41) is 9.08. The van der Waals surface area contributed by atoms with E-state index < -0.39 is 5.97 Å². The van der Waals surface area contributed by atoms with Crippen LogP contribution in [-0.2, 0) is 11.3 Å². The lowest BCUT2D eigenvalue weighted by atomic mass is 10.00. The first-order chi connectivity index (χ1) is 11.0. The Balaban J connectivity index is 1.69. The van der Waals surface area contributed by atoms with Crippen LogP contribution in [0.3, 0.4) is 0 Å². The summed E-state index contributed by atoms with van der Waals surface area (Å²) in [5.41, 5.74) is 6.28. The number of hydrogen-bond acceptors (Lipinski definition) is 2. The molecule has 0 radical (unpaired) electrons. The molecule has 0 bridgehead atoms. The number of likely N-dealkylation sites (tertiary alicyclic amines) is 1. The zero-order chi connectivity index (χ0) is 16.4. The third kappa shape index (κ3) is 3.80. The van der Waals surface area contributed by atoms with Crippen LogP contribution in [0, 0.1) is 19.8 Å². The van der Waals surface area contributed by atoms with Gasteiger partial charge in [-0.05, 0) is 43.5 Å². The highest BCUT2D eigenvalue weighted by Crippen LogP contribution is 2.24. The highest BCUT2D eigenvalue weighted by molar-refractivity contribution is 5.70. The Hall–Kier alpha value is -2.13. The lowest BCUT2D eigenvalue weighted by Gasteiger charge is -2.15. The summed E-state index contributed by atoms with van der Waals surface area (Å²) in [6.07, 6.45) is 0.760. The van der Waals surface area contributed by atoms with Crippen LogP contribution in [0.4, 0.5) is 0 Å². The summed E-state index contributed by atoms with van der Waals surface area (Å²) >= 11 is 0. The van der Waals surface area contributed by atoms with Gasteiger partial charge in [0, 0.05) is 13.1 Å². The van der Waals surface area contributed by atoms with Crippen LogP contribution in [0.2, 0.25) is 0 Å². The second kappa shape index (κ2) is 6.55. The first kappa shape index (κ1) is 15.8. The lowest BCUT2D eigenvalue weighted by Crippen LogP contribution is -2.22. The molecule has 0 saturated carbocycles. The number of aliphatic carboxylic acids is 1. The van der Waals surface area contributed by atoms with Crippen LogP contribution >= 0.6 is 0 Å². The van der Waals surface area contributed by atoms with Gasteiger partial charge in [0.1, 0.15) is 0 Å². The standard InChI is InChI=1S/C20H23NO2/c1-14-9-15(2)11-19(10-14)17-5-3-16(4-6-17)12-21-8-7-18(13-21)20(22)23/h3-6,9-11,18H,7-8,12-13H2,1-2H3,(H,22,23). The Labute approximate surface area is 137 Å². The Bertz CT molecular complexity index is 686. The third-order valence-corrected chi connectivity index (χ3v) is 4.54. The average molecular weight is 309 g/mol. The zero-order valence-electron chi connectivity index (χ0n) is 13.7. The molecule has 1 heterocycles. The maximum absolute atomic E-state index is 11.0. The van der Waals surface area contributed by atoms with Gasteiger partial charge in [-0.1, -0.05) is 53.6 Å². The number of carboxylic acids is 1. The van der Waals surface area contributed by atoms with E-state index >= 15 is 0 Å². The fraction of sp³-hybridized carbons (Fsp3) is 0.350. The van der Waals surface area contributed by atoms with Gasteiger partial charge in [-0.15, -0.1) is 0 Å². The van der Waals surface area contributed by atoms with E-state index in [1.54, 1.807) is 0 Å². The molecule has 1 aliphatic rings. The summed E-state index contributed by atoms with van der Waals surface area (Å²) in [4.78, 5) is 13.3. The van der Waals surface area contributed by atoms with Crippen molar-refractivity contribution in [3.8, 4) is 11.1 Å². The van der Waals surface area contributed by atoms with Crippen LogP contribution in [0.15, 0.2) is 42.5 Å². The number of carbonyl (C=O) groups is 1. The first-order valence-corrected chi connectivity index (χ1v) is 8.14. The second-order valence-electron chi connectivity index (χ2n) is 6.63. The molecule has 1 atom stereocenters. The smallest absolute Gasteiger partial charge is 0.307 e. The monoisotopic (exact) mass is 309 g/mol. The van der Waals surface area contributed by atoms with Crippen LogP contribution in [0.5, 0.6) is 0 Å². The molecule has 1 N–H and O–H groups in total. The molecular weight excluding hydrogens is 286 g/mol. The fourth-order valence-electron chi connectivity index (χ4n) is 3.38. The largest absolute Gasteiger partial charge is 0.481 e. The molecule has 0 amide bonds. The van der Waals surface area contributed by atoms with Gasteiger partial charge in [0.05, 0.1) is 5.92 Å². The van der Waals surface area contributed by atoms with Crippen molar-refractivity contribution in [3.05, 3.63) is 59.2 Å². The minimum atomic E-state index is -0.669. The number of carboxylic acid groups (broad SMARTS) is 1. The molecule has 1 aliphatic heterocycles. The Morgan fingerprint density at radius 1 is 1.09 bits per heavy atom. The molecule has 1 fully saturated rings. The molecule has 2 aromatic rings. The van der Waals surface area contributed by atoms with E-state index in [9.17, 15) is 4.79 Å². The van der Waals surface area contributed by atoms with E-state index in [2.05, 4.69) is 61.2 Å². The van der Waals surface area contributed by atoms with E-state index in [1.807, 2.05) is 0 Å². The molecule has 0 aliphatic carbocycles. The Morgan fingerprint density at radius 2 is 1.74 bits per heavy atom. The molecule has 1 unspecified atom stereocenters. The van der Waals surface area contributed by atoms with Crippen molar-refractivity contribution in [1.82, 2.24) is 4.90 Å². The molecule has 23 heavy (non-hydrogen) atoms. The lowest BCUT2D eigenvalue weighted by molar-refractivity contribution is -0.141. The SMILES string of the molecule is Cc1cc(C)cc(-c2ccc(CN3CCC(C(=O)O)C3)cc2)c1. The highest BCUT2D eigenvalue weighted by atomic mass is 16.4. The second-order valence-corrected chi connectivity index (χ2v) is 6.63. The third-order valence-electron chi connectivity index (χ3n) is 4.54. The zero-order valence-corrected chi connectivity index (χ0v) is 13.7. The van der Waals surface area contributed by atoms with Crippen molar-refractivity contribution in [1.29, 1.82) is 0 Å². The van der Waals surface area contributed by atoms with Gasteiger partial charge in [0.15, 0.2) is 0 Å². The van der Waals surface area contributed by atoms with Gasteiger partial charge in [-0.3, -0.25) is 9.69 Å². The molecule has 3 heteroatoms.